The molecule has 0 spiro atoms. The van der Waals surface area contributed by atoms with Crippen molar-refractivity contribution in [1.29, 1.82) is 0 Å². The maximum absolute atomic E-state index is 10.7. The summed E-state index contributed by atoms with van der Waals surface area (Å²) in [6.45, 7) is 1.40. The van der Waals surface area contributed by atoms with Crippen LogP contribution in [0.5, 0.6) is 0 Å². The van der Waals surface area contributed by atoms with E-state index in [9.17, 15) is 4.79 Å². The van der Waals surface area contributed by atoms with Gasteiger partial charge in [-0.05, 0) is 12.3 Å². The molecule has 0 aromatic carbocycles. The third-order valence-electron chi connectivity index (χ3n) is 2.01. The lowest BCUT2D eigenvalue weighted by molar-refractivity contribution is -0.120. The summed E-state index contributed by atoms with van der Waals surface area (Å²) < 4.78 is 0. The maximum atomic E-state index is 10.7. The molecule has 0 aromatic rings. The first kappa shape index (κ1) is 5.23. The molecule has 3 nitrogen and oxygen atoms in total. The van der Waals surface area contributed by atoms with Crippen molar-refractivity contribution >= 4 is 5.91 Å². The van der Waals surface area contributed by atoms with Crippen molar-refractivity contribution in [3.63, 3.8) is 0 Å². The zero-order valence-corrected chi connectivity index (χ0v) is 5.18. The Morgan fingerprint density at radius 3 is 3.33 bits per heavy atom. The summed E-state index contributed by atoms with van der Waals surface area (Å²) in [6, 6.07) is 0.643. The van der Waals surface area contributed by atoms with Crippen LogP contribution < -0.4 is 10.6 Å². The molecule has 1 saturated carbocycles. The predicted molar refractivity (Wildman–Crippen MR) is 32.9 cm³/mol. The Balaban J connectivity index is 1.96. The highest BCUT2D eigenvalue weighted by molar-refractivity contribution is 5.78. The molecule has 2 unspecified atom stereocenters. The minimum absolute atomic E-state index is 0.141. The van der Waals surface area contributed by atoms with E-state index >= 15 is 0 Å². The second kappa shape index (κ2) is 1.70. The average molecular weight is 126 g/mol. The van der Waals surface area contributed by atoms with Gasteiger partial charge in [-0.25, -0.2) is 0 Å². The van der Waals surface area contributed by atoms with Crippen molar-refractivity contribution in [2.45, 2.75) is 12.5 Å². The molecule has 0 aromatic heterocycles. The number of hydrogen-bond acceptors (Lipinski definition) is 2. The van der Waals surface area contributed by atoms with E-state index in [4.69, 9.17) is 0 Å². The molecule has 2 N–H and O–H groups in total. The summed E-state index contributed by atoms with van der Waals surface area (Å²) in [7, 11) is 0. The molecule has 3 heteroatoms. The van der Waals surface area contributed by atoms with Crippen molar-refractivity contribution in [3.8, 4) is 0 Å². The van der Waals surface area contributed by atoms with Crippen LogP contribution in [-0.4, -0.2) is 25.0 Å². The third kappa shape index (κ3) is 0.920. The minimum Gasteiger partial charge on any atom is -0.355 e. The molecule has 1 saturated heterocycles. The van der Waals surface area contributed by atoms with E-state index in [1.165, 1.54) is 6.42 Å². The van der Waals surface area contributed by atoms with E-state index in [-0.39, 0.29) is 5.91 Å². The summed E-state index contributed by atoms with van der Waals surface area (Å²) in [5.41, 5.74) is 0. The van der Waals surface area contributed by atoms with E-state index in [1.807, 2.05) is 0 Å². The number of amides is 1. The lowest BCUT2D eigenvalue weighted by Gasteiger charge is -1.97. The fourth-order valence-corrected chi connectivity index (χ4v) is 1.25. The van der Waals surface area contributed by atoms with Gasteiger partial charge in [-0.2, -0.15) is 0 Å². The zero-order valence-electron chi connectivity index (χ0n) is 5.18. The predicted octanol–water partition coefficient (Wildman–Crippen LogP) is -0.906. The van der Waals surface area contributed by atoms with Crippen molar-refractivity contribution in [2.24, 2.45) is 5.92 Å². The largest absolute Gasteiger partial charge is 0.355 e. The molecule has 50 valence electrons. The van der Waals surface area contributed by atoms with Crippen LogP contribution in [0.15, 0.2) is 0 Å². The molecule has 1 amide bonds. The number of nitrogens with one attached hydrogen (secondary N) is 2. The molecule has 2 aliphatic rings. The molecule has 1 aliphatic carbocycles. The molecule has 9 heavy (non-hydrogen) atoms. The number of rotatable bonds is 0. The van der Waals surface area contributed by atoms with Gasteiger partial charge in [0.05, 0.1) is 6.54 Å². The fraction of sp³-hybridized carbons (Fsp3) is 0.833. The van der Waals surface area contributed by atoms with Crippen LogP contribution in [0.1, 0.15) is 6.42 Å². The quantitative estimate of drug-likeness (QED) is 0.441. The maximum Gasteiger partial charge on any atom is 0.233 e. The standard InChI is InChI=1S/C6H10N2O/c9-6-3-7-5-1-4(5)2-8-6/h4-5,7H,1-3H2,(H,8,9). The van der Waals surface area contributed by atoms with Gasteiger partial charge in [-0.15, -0.1) is 0 Å². The van der Waals surface area contributed by atoms with Gasteiger partial charge in [0.25, 0.3) is 0 Å². The van der Waals surface area contributed by atoms with Gasteiger partial charge < -0.3 is 10.6 Å². The molecule has 1 aliphatic heterocycles. The van der Waals surface area contributed by atoms with Crippen LogP contribution in [0.2, 0.25) is 0 Å². The van der Waals surface area contributed by atoms with Crippen LogP contribution in [0.4, 0.5) is 0 Å². The number of hydrogen-bond donors (Lipinski definition) is 2. The van der Waals surface area contributed by atoms with Crippen molar-refractivity contribution in [1.82, 2.24) is 10.6 Å². The Bertz CT molecular complexity index is 132. The number of carbonyl (C=O) groups is 1. The number of fused-ring (bicyclic) bond motifs is 1. The molecular weight excluding hydrogens is 116 g/mol. The molecule has 1 heterocycles. The van der Waals surface area contributed by atoms with E-state index in [2.05, 4.69) is 10.6 Å². The molecule has 2 atom stereocenters. The Labute approximate surface area is 53.8 Å². The second-order valence-corrected chi connectivity index (χ2v) is 2.79. The summed E-state index contributed by atoms with van der Waals surface area (Å²) in [4.78, 5) is 10.7. The highest BCUT2D eigenvalue weighted by Crippen LogP contribution is 2.29. The van der Waals surface area contributed by atoms with E-state index < -0.39 is 0 Å². The van der Waals surface area contributed by atoms with Gasteiger partial charge in [0, 0.05) is 12.6 Å². The van der Waals surface area contributed by atoms with Crippen LogP contribution in [0.3, 0.4) is 0 Å². The highest BCUT2D eigenvalue weighted by atomic mass is 16.1. The lowest BCUT2D eigenvalue weighted by atomic mass is 10.4. The fourth-order valence-electron chi connectivity index (χ4n) is 1.25. The zero-order chi connectivity index (χ0) is 6.27. The van der Waals surface area contributed by atoms with Gasteiger partial charge in [-0.1, -0.05) is 0 Å². The molecule has 2 rings (SSSR count). The Kier molecular flexibility index (Phi) is 0.990. The van der Waals surface area contributed by atoms with Crippen LogP contribution >= 0.6 is 0 Å². The minimum atomic E-state index is 0.141. The summed E-state index contributed by atoms with van der Waals surface area (Å²) in [5, 5.41) is 5.99. The Hall–Kier alpha value is -0.570. The van der Waals surface area contributed by atoms with E-state index in [0.717, 1.165) is 12.5 Å². The number of carbonyl (C=O) groups excluding carboxylic acids is 1. The van der Waals surface area contributed by atoms with Crippen molar-refractivity contribution in [3.05, 3.63) is 0 Å². The van der Waals surface area contributed by atoms with E-state index in [0.29, 0.717) is 12.6 Å². The van der Waals surface area contributed by atoms with Gasteiger partial charge in [0.2, 0.25) is 5.91 Å². The first-order chi connectivity index (χ1) is 4.36. The summed E-state index contributed by atoms with van der Waals surface area (Å²) in [6.07, 6.45) is 1.25. The van der Waals surface area contributed by atoms with Crippen LogP contribution in [0.25, 0.3) is 0 Å². The van der Waals surface area contributed by atoms with Gasteiger partial charge in [0.1, 0.15) is 0 Å². The average Bonchev–Trinajstić information content (AvgIpc) is 2.54. The summed E-state index contributed by atoms with van der Waals surface area (Å²) in [5.74, 6) is 0.874. The summed E-state index contributed by atoms with van der Waals surface area (Å²) >= 11 is 0. The highest BCUT2D eigenvalue weighted by Gasteiger charge is 2.38. The van der Waals surface area contributed by atoms with Gasteiger partial charge in [-0.3, -0.25) is 4.79 Å². The smallest absolute Gasteiger partial charge is 0.233 e. The van der Waals surface area contributed by atoms with Gasteiger partial charge in [0.15, 0.2) is 0 Å². The van der Waals surface area contributed by atoms with Crippen LogP contribution in [-0.2, 0) is 4.79 Å². The first-order valence-corrected chi connectivity index (χ1v) is 3.36. The monoisotopic (exact) mass is 126 g/mol. The Morgan fingerprint density at radius 1 is 1.56 bits per heavy atom. The first-order valence-electron chi connectivity index (χ1n) is 3.36. The topological polar surface area (TPSA) is 41.1 Å². The molecule has 0 radical (unpaired) electrons. The van der Waals surface area contributed by atoms with Crippen molar-refractivity contribution < 1.29 is 4.79 Å². The van der Waals surface area contributed by atoms with Crippen molar-refractivity contribution in [2.75, 3.05) is 13.1 Å². The third-order valence-corrected chi connectivity index (χ3v) is 2.01. The van der Waals surface area contributed by atoms with Gasteiger partial charge >= 0.3 is 0 Å². The molecule has 0 bridgehead atoms. The lowest BCUT2D eigenvalue weighted by Crippen LogP contribution is -2.31. The molecule has 2 fully saturated rings. The van der Waals surface area contributed by atoms with Crippen LogP contribution in [0, 0.1) is 5.92 Å². The van der Waals surface area contributed by atoms with E-state index in [1.54, 1.807) is 0 Å². The Morgan fingerprint density at radius 2 is 2.44 bits per heavy atom. The SMILES string of the molecule is O=C1CNC2CC2CN1. The molecular formula is C6H10N2O. The second-order valence-electron chi connectivity index (χ2n) is 2.79. The normalized spacial score (nSPS) is 40.7.